The number of carbonyl (C=O) groups excluding carboxylic acids is 2. The van der Waals surface area contributed by atoms with Gasteiger partial charge in [0.2, 0.25) is 5.91 Å². The van der Waals surface area contributed by atoms with Gasteiger partial charge in [0, 0.05) is 43.0 Å². The molecule has 0 bridgehead atoms. The molecule has 0 saturated carbocycles. The third-order valence-electron chi connectivity index (χ3n) is 6.41. The molecule has 0 radical (unpaired) electrons. The van der Waals surface area contributed by atoms with Gasteiger partial charge in [0.1, 0.15) is 5.82 Å². The van der Waals surface area contributed by atoms with Gasteiger partial charge in [0.15, 0.2) is 0 Å². The molecule has 170 valence electrons. The van der Waals surface area contributed by atoms with E-state index in [1.54, 1.807) is 4.90 Å². The highest BCUT2D eigenvalue weighted by Gasteiger charge is 2.33. The summed E-state index contributed by atoms with van der Waals surface area (Å²) in [6.07, 6.45) is 2.35. The molecule has 2 amide bonds. The quantitative estimate of drug-likeness (QED) is 0.784. The lowest BCUT2D eigenvalue weighted by atomic mass is 9.90. The van der Waals surface area contributed by atoms with E-state index in [-0.39, 0.29) is 29.8 Å². The number of fused-ring (bicyclic) bond motifs is 1. The molecule has 1 aromatic carbocycles. The third kappa shape index (κ3) is 4.47. The van der Waals surface area contributed by atoms with Gasteiger partial charge in [-0.3, -0.25) is 14.4 Å². The topological polar surface area (TPSA) is 86.4 Å². The highest BCUT2D eigenvalue weighted by Crippen LogP contribution is 2.28. The average Bonchev–Trinajstić information content (AvgIpc) is 2.78. The highest BCUT2D eigenvalue weighted by molar-refractivity contribution is 5.94. The normalized spacial score (nSPS) is 18.9. The summed E-state index contributed by atoms with van der Waals surface area (Å²) in [6, 6.07) is 7.49. The molecule has 1 atom stereocenters. The zero-order valence-corrected chi connectivity index (χ0v) is 19.4. The molecular weight excluding hydrogens is 404 g/mol. The molecule has 4 rings (SSSR count). The number of aryl methyl sites for hydroxylation is 1. The van der Waals surface area contributed by atoms with E-state index in [9.17, 15) is 14.4 Å². The number of aromatic amines is 1. The standard InChI is InChI=1S/C25H32N4O3/c1-16-7-9-17(10-8-16)23(31)28-13-11-20-19(15-28)22(30)27-21(26-20)18-6-5-12-29(14-18)24(32)25(2,3)4/h7-10,18H,5-6,11-15H2,1-4H3,(H,26,27,30)/t18-/m1/s1. The summed E-state index contributed by atoms with van der Waals surface area (Å²) in [5.41, 5.74) is 2.47. The Balaban J connectivity index is 1.52. The van der Waals surface area contributed by atoms with E-state index in [2.05, 4.69) is 4.98 Å². The van der Waals surface area contributed by atoms with Crippen molar-refractivity contribution in [3.05, 3.63) is 62.8 Å². The van der Waals surface area contributed by atoms with Crippen molar-refractivity contribution in [3.8, 4) is 0 Å². The summed E-state index contributed by atoms with van der Waals surface area (Å²) in [4.78, 5) is 49.9. The first kappa shape index (κ1) is 22.2. The van der Waals surface area contributed by atoms with Crippen LogP contribution in [0.1, 0.15) is 72.5 Å². The van der Waals surface area contributed by atoms with Gasteiger partial charge in [0.25, 0.3) is 11.5 Å². The second-order valence-electron chi connectivity index (χ2n) is 10.1. The average molecular weight is 437 g/mol. The molecule has 2 aliphatic rings. The van der Waals surface area contributed by atoms with E-state index in [0.717, 1.165) is 30.6 Å². The van der Waals surface area contributed by atoms with Crippen LogP contribution in [0, 0.1) is 12.3 Å². The number of nitrogens with zero attached hydrogens (tertiary/aromatic N) is 3. The minimum absolute atomic E-state index is 0.0280. The molecular formula is C25H32N4O3. The molecule has 3 heterocycles. The molecule has 1 N–H and O–H groups in total. The van der Waals surface area contributed by atoms with E-state index in [1.807, 2.05) is 56.9 Å². The monoisotopic (exact) mass is 436 g/mol. The van der Waals surface area contributed by atoms with Crippen LogP contribution in [-0.4, -0.2) is 51.2 Å². The largest absolute Gasteiger partial charge is 0.342 e. The van der Waals surface area contributed by atoms with E-state index in [4.69, 9.17) is 4.98 Å². The molecule has 0 unspecified atom stereocenters. The first-order valence-electron chi connectivity index (χ1n) is 11.4. The van der Waals surface area contributed by atoms with Gasteiger partial charge < -0.3 is 14.8 Å². The molecule has 0 spiro atoms. The lowest BCUT2D eigenvalue weighted by Gasteiger charge is -2.36. The van der Waals surface area contributed by atoms with Gasteiger partial charge in [-0.15, -0.1) is 0 Å². The Labute approximate surface area is 188 Å². The van der Waals surface area contributed by atoms with Crippen molar-refractivity contribution >= 4 is 11.8 Å². The summed E-state index contributed by atoms with van der Waals surface area (Å²) in [6.45, 7) is 9.91. The number of carbonyl (C=O) groups is 2. The van der Waals surface area contributed by atoms with Gasteiger partial charge in [-0.05, 0) is 31.9 Å². The van der Waals surface area contributed by atoms with Crippen molar-refractivity contribution < 1.29 is 9.59 Å². The molecule has 1 aromatic heterocycles. The van der Waals surface area contributed by atoms with Gasteiger partial charge in [-0.1, -0.05) is 38.5 Å². The van der Waals surface area contributed by atoms with Gasteiger partial charge in [-0.2, -0.15) is 0 Å². The summed E-state index contributed by atoms with van der Waals surface area (Å²) in [7, 11) is 0. The molecule has 2 aromatic rings. The fourth-order valence-electron chi connectivity index (χ4n) is 4.55. The zero-order chi connectivity index (χ0) is 23.0. The number of benzene rings is 1. The highest BCUT2D eigenvalue weighted by atomic mass is 16.2. The predicted octanol–water partition coefficient (Wildman–Crippen LogP) is 3.03. The van der Waals surface area contributed by atoms with E-state index >= 15 is 0 Å². The van der Waals surface area contributed by atoms with Crippen molar-refractivity contribution in [2.24, 2.45) is 5.41 Å². The number of piperidine rings is 1. The third-order valence-corrected chi connectivity index (χ3v) is 6.41. The van der Waals surface area contributed by atoms with Crippen LogP contribution >= 0.6 is 0 Å². The van der Waals surface area contributed by atoms with E-state index in [1.165, 1.54) is 0 Å². The summed E-state index contributed by atoms with van der Waals surface area (Å²) in [5.74, 6) is 0.759. The Hall–Kier alpha value is -2.96. The second kappa shape index (κ2) is 8.52. The van der Waals surface area contributed by atoms with Gasteiger partial charge >= 0.3 is 0 Å². The Morgan fingerprint density at radius 1 is 1.09 bits per heavy atom. The number of rotatable bonds is 2. The molecule has 1 saturated heterocycles. The SMILES string of the molecule is Cc1ccc(C(=O)N2CCc3nc([C@@H]4CCCN(C(=O)C(C)(C)C)C4)[nH]c(=O)c3C2)cc1. The molecule has 7 nitrogen and oxygen atoms in total. The van der Waals surface area contributed by atoms with Crippen LogP contribution in [0.5, 0.6) is 0 Å². The molecule has 1 fully saturated rings. The number of hydrogen-bond donors (Lipinski definition) is 1. The van der Waals surface area contributed by atoms with Crippen molar-refractivity contribution in [2.45, 2.75) is 59.4 Å². The van der Waals surface area contributed by atoms with Crippen LogP contribution in [-0.2, 0) is 17.8 Å². The van der Waals surface area contributed by atoms with Crippen molar-refractivity contribution in [1.82, 2.24) is 19.8 Å². The zero-order valence-electron chi connectivity index (χ0n) is 19.4. The van der Waals surface area contributed by atoms with Crippen LogP contribution in [0.25, 0.3) is 0 Å². The maximum absolute atomic E-state index is 12.9. The van der Waals surface area contributed by atoms with Crippen LogP contribution in [0.4, 0.5) is 0 Å². The van der Waals surface area contributed by atoms with Crippen LogP contribution in [0.2, 0.25) is 0 Å². The minimum atomic E-state index is -0.425. The van der Waals surface area contributed by atoms with E-state index in [0.29, 0.717) is 36.5 Å². The smallest absolute Gasteiger partial charge is 0.256 e. The van der Waals surface area contributed by atoms with Crippen LogP contribution < -0.4 is 5.56 Å². The minimum Gasteiger partial charge on any atom is -0.342 e. The predicted molar refractivity (Wildman–Crippen MR) is 122 cm³/mol. The number of H-pyrrole nitrogens is 1. The molecule has 2 aliphatic heterocycles. The van der Waals surface area contributed by atoms with Crippen LogP contribution in [0.15, 0.2) is 29.1 Å². The lowest BCUT2D eigenvalue weighted by molar-refractivity contribution is -0.140. The summed E-state index contributed by atoms with van der Waals surface area (Å²) >= 11 is 0. The Kier molecular flexibility index (Phi) is 5.93. The molecule has 0 aliphatic carbocycles. The Morgan fingerprint density at radius 3 is 2.50 bits per heavy atom. The molecule has 7 heteroatoms. The fourth-order valence-corrected chi connectivity index (χ4v) is 4.55. The van der Waals surface area contributed by atoms with Gasteiger partial charge in [0.05, 0.1) is 17.8 Å². The summed E-state index contributed by atoms with van der Waals surface area (Å²) < 4.78 is 0. The van der Waals surface area contributed by atoms with Gasteiger partial charge in [-0.25, -0.2) is 4.98 Å². The first-order valence-corrected chi connectivity index (χ1v) is 11.4. The Bertz CT molecular complexity index is 1080. The van der Waals surface area contributed by atoms with E-state index < -0.39 is 5.41 Å². The fraction of sp³-hybridized carbons (Fsp3) is 0.520. The molecule has 32 heavy (non-hydrogen) atoms. The number of nitrogens with one attached hydrogen (secondary N) is 1. The van der Waals surface area contributed by atoms with Crippen LogP contribution in [0.3, 0.4) is 0 Å². The number of likely N-dealkylation sites (tertiary alicyclic amines) is 1. The summed E-state index contributed by atoms with van der Waals surface area (Å²) in [5, 5.41) is 0. The number of aromatic nitrogens is 2. The Morgan fingerprint density at radius 2 is 1.81 bits per heavy atom. The maximum atomic E-state index is 12.9. The lowest BCUT2D eigenvalue weighted by Crippen LogP contribution is -2.45. The first-order chi connectivity index (χ1) is 15.1. The van der Waals surface area contributed by atoms with Crippen molar-refractivity contribution in [2.75, 3.05) is 19.6 Å². The number of hydrogen-bond acceptors (Lipinski definition) is 4. The maximum Gasteiger partial charge on any atom is 0.256 e. The van der Waals surface area contributed by atoms with Crippen molar-refractivity contribution in [1.29, 1.82) is 0 Å². The number of amides is 2. The second-order valence-corrected chi connectivity index (χ2v) is 10.1. The van der Waals surface area contributed by atoms with Crippen molar-refractivity contribution in [3.63, 3.8) is 0 Å².